The summed E-state index contributed by atoms with van der Waals surface area (Å²) < 4.78 is 0. The zero-order chi connectivity index (χ0) is 15.9. The SMILES string of the molecule is O=C(CNC(=O)c1cccc(Cl)c1)NCc1ccc(Cl)cc1. The molecule has 0 aliphatic carbocycles. The molecule has 0 fully saturated rings. The van der Waals surface area contributed by atoms with Gasteiger partial charge in [-0.2, -0.15) is 0 Å². The van der Waals surface area contributed by atoms with E-state index in [2.05, 4.69) is 10.6 Å². The first-order valence-electron chi connectivity index (χ1n) is 6.59. The van der Waals surface area contributed by atoms with Crippen LogP contribution in [0.15, 0.2) is 48.5 Å². The monoisotopic (exact) mass is 336 g/mol. The molecule has 2 N–H and O–H groups in total. The van der Waals surface area contributed by atoms with Gasteiger partial charge in [-0.05, 0) is 35.9 Å². The molecule has 0 saturated heterocycles. The minimum atomic E-state index is -0.343. The molecule has 0 radical (unpaired) electrons. The maximum Gasteiger partial charge on any atom is 0.251 e. The number of carbonyl (C=O) groups excluding carboxylic acids is 2. The van der Waals surface area contributed by atoms with Gasteiger partial charge in [0.1, 0.15) is 0 Å². The van der Waals surface area contributed by atoms with Crippen LogP contribution in [0.25, 0.3) is 0 Å². The average Bonchev–Trinajstić information content (AvgIpc) is 2.52. The Labute approximate surface area is 138 Å². The number of halogens is 2. The quantitative estimate of drug-likeness (QED) is 0.881. The van der Waals surface area contributed by atoms with Crippen molar-refractivity contribution in [2.24, 2.45) is 0 Å². The summed E-state index contributed by atoms with van der Waals surface area (Å²) in [5.74, 6) is -0.616. The molecular formula is C16H14Cl2N2O2. The molecule has 2 aromatic rings. The van der Waals surface area contributed by atoms with Crippen molar-refractivity contribution in [3.63, 3.8) is 0 Å². The normalized spacial score (nSPS) is 10.1. The Morgan fingerprint density at radius 1 is 0.909 bits per heavy atom. The molecule has 0 unspecified atom stereocenters. The molecule has 0 atom stereocenters. The first-order valence-corrected chi connectivity index (χ1v) is 7.35. The van der Waals surface area contributed by atoms with Crippen LogP contribution in [-0.2, 0) is 11.3 Å². The average molecular weight is 337 g/mol. The van der Waals surface area contributed by atoms with Crippen LogP contribution in [0, 0.1) is 0 Å². The van der Waals surface area contributed by atoms with Crippen LogP contribution in [0.3, 0.4) is 0 Å². The number of hydrogen-bond acceptors (Lipinski definition) is 2. The standard InChI is InChI=1S/C16H14Cl2N2O2/c17-13-6-4-11(5-7-13)9-19-15(21)10-20-16(22)12-2-1-3-14(18)8-12/h1-8H,9-10H2,(H,19,21)(H,20,22). The Balaban J connectivity index is 1.78. The van der Waals surface area contributed by atoms with E-state index in [1.807, 2.05) is 12.1 Å². The van der Waals surface area contributed by atoms with Crippen LogP contribution < -0.4 is 10.6 Å². The summed E-state index contributed by atoms with van der Waals surface area (Å²) in [6.45, 7) is 0.280. The van der Waals surface area contributed by atoms with E-state index in [1.165, 1.54) is 0 Å². The fourth-order valence-electron chi connectivity index (χ4n) is 1.76. The molecule has 6 heteroatoms. The first-order chi connectivity index (χ1) is 10.5. The maximum absolute atomic E-state index is 11.8. The van der Waals surface area contributed by atoms with Crippen LogP contribution in [-0.4, -0.2) is 18.4 Å². The van der Waals surface area contributed by atoms with Gasteiger partial charge in [0.15, 0.2) is 0 Å². The zero-order valence-corrected chi connectivity index (χ0v) is 13.1. The van der Waals surface area contributed by atoms with Crippen molar-refractivity contribution in [2.45, 2.75) is 6.54 Å². The number of amides is 2. The molecular weight excluding hydrogens is 323 g/mol. The summed E-state index contributed by atoms with van der Waals surface area (Å²) in [5, 5.41) is 6.37. The fraction of sp³-hybridized carbons (Fsp3) is 0.125. The predicted octanol–water partition coefficient (Wildman–Crippen LogP) is 3.04. The van der Waals surface area contributed by atoms with Crippen LogP contribution in [0.2, 0.25) is 10.0 Å². The number of hydrogen-bond donors (Lipinski definition) is 2. The van der Waals surface area contributed by atoms with E-state index in [0.717, 1.165) is 5.56 Å². The van der Waals surface area contributed by atoms with E-state index < -0.39 is 0 Å². The van der Waals surface area contributed by atoms with Crippen molar-refractivity contribution in [1.82, 2.24) is 10.6 Å². The Hall–Kier alpha value is -2.04. The van der Waals surface area contributed by atoms with Gasteiger partial charge in [-0.3, -0.25) is 9.59 Å². The Bertz CT molecular complexity index is 672. The van der Waals surface area contributed by atoms with Crippen molar-refractivity contribution in [1.29, 1.82) is 0 Å². The molecule has 0 aromatic heterocycles. The van der Waals surface area contributed by atoms with Crippen molar-refractivity contribution in [3.05, 3.63) is 69.7 Å². The maximum atomic E-state index is 11.8. The highest BCUT2D eigenvalue weighted by Crippen LogP contribution is 2.10. The minimum absolute atomic E-state index is 0.0983. The van der Waals surface area contributed by atoms with Gasteiger partial charge in [-0.1, -0.05) is 41.4 Å². The molecule has 2 aromatic carbocycles. The zero-order valence-electron chi connectivity index (χ0n) is 11.6. The van der Waals surface area contributed by atoms with E-state index >= 15 is 0 Å². The van der Waals surface area contributed by atoms with Crippen molar-refractivity contribution in [2.75, 3.05) is 6.54 Å². The second-order valence-electron chi connectivity index (χ2n) is 4.60. The summed E-state index contributed by atoms with van der Waals surface area (Å²) in [6.07, 6.45) is 0. The summed E-state index contributed by atoms with van der Waals surface area (Å²) in [4.78, 5) is 23.6. The van der Waals surface area contributed by atoms with Gasteiger partial charge in [0.2, 0.25) is 5.91 Å². The summed E-state index contributed by atoms with van der Waals surface area (Å²) in [6, 6.07) is 13.7. The van der Waals surface area contributed by atoms with E-state index in [1.54, 1.807) is 36.4 Å². The van der Waals surface area contributed by atoms with E-state index in [-0.39, 0.29) is 18.4 Å². The third-order valence-electron chi connectivity index (χ3n) is 2.90. The third-order valence-corrected chi connectivity index (χ3v) is 3.39. The van der Waals surface area contributed by atoms with Crippen molar-refractivity contribution in [3.8, 4) is 0 Å². The summed E-state index contributed by atoms with van der Waals surface area (Å²) in [7, 11) is 0. The van der Waals surface area contributed by atoms with E-state index in [4.69, 9.17) is 23.2 Å². The predicted molar refractivity (Wildman–Crippen MR) is 87.1 cm³/mol. The van der Waals surface area contributed by atoms with Gasteiger partial charge in [0, 0.05) is 22.2 Å². The van der Waals surface area contributed by atoms with Crippen LogP contribution >= 0.6 is 23.2 Å². The van der Waals surface area contributed by atoms with Gasteiger partial charge in [-0.25, -0.2) is 0 Å². The molecule has 2 amide bonds. The van der Waals surface area contributed by atoms with E-state index in [9.17, 15) is 9.59 Å². The molecule has 0 aliphatic heterocycles. The lowest BCUT2D eigenvalue weighted by molar-refractivity contribution is -0.120. The number of carbonyl (C=O) groups is 2. The largest absolute Gasteiger partial charge is 0.350 e. The van der Waals surface area contributed by atoms with Gasteiger partial charge < -0.3 is 10.6 Å². The summed E-state index contributed by atoms with van der Waals surface area (Å²) in [5.41, 5.74) is 1.34. The highest BCUT2D eigenvalue weighted by molar-refractivity contribution is 6.31. The molecule has 4 nitrogen and oxygen atoms in total. The Morgan fingerprint density at radius 2 is 1.64 bits per heavy atom. The highest BCUT2D eigenvalue weighted by atomic mass is 35.5. The lowest BCUT2D eigenvalue weighted by Gasteiger charge is -2.07. The van der Waals surface area contributed by atoms with Crippen molar-refractivity contribution < 1.29 is 9.59 Å². The smallest absolute Gasteiger partial charge is 0.251 e. The lowest BCUT2D eigenvalue weighted by atomic mass is 10.2. The molecule has 0 heterocycles. The molecule has 114 valence electrons. The Morgan fingerprint density at radius 3 is 2.32 bits per heavy atom. The first kappa shape index (κ1) is 16.3. The van der Waals surface area contributed by atoms with Gasteiger partial charge in [0.25, 0.3) is 5.91 Å². The van der Waals surface area contributed by atoms with Gasteiger partial charge in [0.05, 0.1) is 6.54 Å². The third kappa shape index (κ3) is 5.06. The van der Waals surface area contributed by atoms with Crippen LogP contribution in [0.4, 0.5) is 0 Å². The molecule has 2 rings (SSSR count). The van der Waals surface area contributed by atoms with Crippen molar-refractivity contribution >= 4 is 35.0 Å². The second-order valence-corrected chi connectivity index (χ2v) is 5.47. The molecule has 22 heavy (non-hydrogen) atoms. The highest BCUT2D eigenvalue weighted by Gasteiger charge is 2.08. The topological polar surface area (TPSA) is 58.2 Å². The Kier molecular flexibility index (Phi) is 5.81. The summed E-state index contributed by atoms with van der Waals surface area (Å²) >= 11 is 11.6. The number of nitrogens with one attached hydrogen (secondary N) is 2. The molecule has 0 bridgehead atoms. The molecule has 0 spiro atoms. The van der Waals surface area contributed by atoms with Crippen LogP contribution in [0.1, 0.15) is 15.9 Å². The number of benzene rings is 2. The number of rotatable bonds is 5. The molecule has 0 aliphatic rings. The fourth-order valence-corrected chi connectivity index (χ4v) is 2.07. The lowest BCUT2D eigenvalue weighted by Crippen LogP contribution is -2.36. The van der Waals surface area contributed by atoms with E-state index in [0.29, 0.717) is 22.2 Å². The van der Waals surface area contributed by atoms with Gasteiger partial charge in [-0.15, -0.1) is 0 Å². The van der Waals surface area contributed by atoms with Crippen LogP contribution in [0.5, 0.6) is 0 Å². The van der Waals surface area contributed by atoms with Gasteiger partial charge >= 0.3 is 0 Å². The minimum Gasteiger partial charge on any atom is -0.350 e. The second kappa shape index (κ2) is 7.82. The molecule has 0 saturated carbocycles.